The molecule has 4 nitrogen and oxygen atoms in total. The average Bonchev–Trinajstić information content (AvgIpc) is 2.36. The van der Waals surface area contributed by atoms with Gasteiger partial charge in [-0.3, -0.25) is 9.69 Å². The number of benzene rings is 1. The van der Waals surface area contributed by atoms with Gasteiger partial charge in [0.2, 0.25) is 0 Å². The van der Waals surface area contributed by atoms with E-state index in [4.69, 9.17) is 9.84 Å². The summed E-state index contributed by atoms with van der Waals surface area (Å²) in [4.78, 5) is 12.9. The van der Waals surface area contributed by atoms with Crippen LogP contribution in [-0.2, 0) is 16.1 Å². The minimum absolute atomic E-state index is 0.0500. The van der Waals surface area contributed by atoms with E-state index in [9.17, 15) is 9.18 Å². The first-order valence-electron chi connectivity index (χ1n) is 6.35. The zero-order chi connectivity index (χ0) is 13.8. The van der Waals surface area contributed by atoms with E-state index < -0.39 is 5.97 Å². The van der Waals surface area contributed by atoms with E-state index in [-0.39, 0.29) is 18.3 Å². The van der Waals surface area contributed by atoms with Gasteiger partial charge in [0.1, 0.15) is 5.82 Å². The van der Waals surface area contributed by atoms with Crippen molar-refractivity contribution >= 4 is 5.97 Å². The summed E-state index contributed by atoms with van der Waals surface area (Å²) in [6.45, 7) is 3.99. The largest absolute Gasteiger partial charge is 0.481 e. The van der Waals surface area contributed by atoms with Crippen LogP contribution in [0.3, 0.4) is 0 Å². The molecule has 1 aliphatic rings. The Labute approximate surface area is 111 Å². The molecule has 0 radical (unpaired) electrons. The highest BCUT2D eigenvalue weighted by atomic mass is 19.1. The first-order chi connectivity index (χ1) is 9.08. The lowest BCUT2D eigenvalue weighted by Crippen LogP contribution is -2.46. The molecular formula is C14H18FNO3. The summed E-state index contributed by atoms with van der Waals surface area (Å²) in [7, 11) is 0. The van der Waals surface area contributed by atoms with Crippen LogP contribution in [0, 0.1) is 12.7 Å². The first kappa shape index (κ1) is 14.0. The molecule has 1 fully saturated rings. The van der Waals surface area contributed by atoms with E-state index in [1.54, 1.807) is 13.0 Å². The van der Waals surface area contributed by atoms with E-state index >= 15 is 0 Å². The Hall–Kier alpha value is -1.46. The number of hydrogen-bond acceptors (Lipinski definition) is 3. The summed E-state index contributed by atoms with van der Waals surface area (Å²) in [6.07, 6.45) is 0.0500. The van der Waals surface area contributed by atoms with Gasteiger partial charge in [-0.05, 0) is 24.1 Å². The highest BCUT2D eigenvalue weighted by Gasteiger charge is 2.25. The van der Waals surface area contributed by atoms with Crippen molar-refractivity contribution in [2.75, 3.05) is 19.8 Å². The topological polar surface area (TPSA) is 49.8 Å². The van der Waals surface area contributed by atoms with Gasteiger partial charge in [0, 0.05) is 19.1 Å². The van der Waals surface area contributed by atoms with Crippen LogP contribution in [0.5, 0.6) is 0 Å². The molecule has 1 N–H and O–H groups in total. The number of rotatable bonds is 4. The SMILES string of the molecule is Cc1c(F)cccc1CN1CCOC[C@@H]1CC(=O)O. The second-order valence-electron chi connectivity index (χ2n) is 4.82. The third kappa shape index (κ3) is 3.52. The van der Waals surface area contributed by atoms with Gasteiger partial charge < -0.3 is 9.84 Å². The van der Waals surface area contributed by atoms with Gasteiger partial charge >= 0.3 is 5.97 Å². The molecule has 19 heavy (non-hydrogen) atoms. The van der Waals surface area contributed by atoms with Crippen LogP contribution in [0.25, 0.3) is 0 Å². The zero-order valence-corrected chi connectivity index (χ0v) is 10.9. The zero-order valence-electron chi connectivity index (χ0n) is 10.9. The van der Waals surface area contributed by atoms with Crippen molar-refractivity contribution in [1.29, 1.82) is 0 Å². The molecule has 0 aliphatic carbocycles. The summed E-state index contributed by atoms with van der Waals surface area (Å²) in [5, 5.41) is 8.91. The molecule has 0 saturated carbocycles. The third-order valence-electron chi connectivity index (χ3n) is 3.51. The molecule has 1 atom stereocenters. The number of ether oxygens (including phenoxy) is 1. The highest BCUT2D eigenvalue weighted by Crippen LogP contribution is 2.18. The van der Waals surface area contributed by atoms with E-state index in [1.165, 1.54) is 6.07 Å². The maximum atomic E-state index is 13.5. The summed E-state index contributed by atoms with van der Waals surface area (Å²) in [5.41, 5.74) is 1.53. The fourth-order valence-electron chi connectivity index (χ4n) is 2.33. The smallest absolute Gasteiger partial charge is 0.305 e. The van der Waals surface area contributed by atoms with E-state index in [0.717, 1.165) is 5.56 Å². The van der Waals surface area contributed by atoms with E-state index in [0.29, 0.717) is 31.9 Å². The monoisotopic (exact) mass is 267 g/mol. The number of nitrogens with zero attached hydrogens (tertiary/aromatic N) is 1. The van der Waals surface area contributed by atoms with Gasteiger partial charge in [0.25, 0.3) is 0 Å². The molecule has 1 aromatic carbocycles. The van der Waals surface area contributed by atoms with Crippen LogP contribution in [0.1, 0.15) is 17.5 Å². The van der Waals surface area contributed by atoms with Crippen molar-refractivity contribution in [2.24, 2.45) is 0 Å². The van der Waals surface area contributed by atoms with Crippen molar-refractivity contribution in [3.63, 3.8) is 0 Å². The lowest BCUT2D eigenvalue weighted by molar-refractivity contribution is -0.140. The lowest BCUT2D eigenvalue weighted by Gasteiger charge is -2.35. The molecule has 1 heterocycles. The summed E-state index contributed by atoms with van der Waals surface area (Å²) < 4.78 is 18.8. The Morgan fingerprint density at radius 3 is 3.11 bits per heavy atom. The molecule has 1 aliphatic heterocycles. The van der Waals surface area contributed by atoms with E-state index in [2.05, 4.69) is 4.90 Å². The number of halogens is 1. The van der Waals surface area contributed by atoms with Crippen LogP contribution >= 0.6 is 0 Å². The molecular weight excluding hydrogens is 249 g/mol. The first-order valence-corrected chi connectivity index (χ1v) is 6.35. The van der Waals surface area contributed by atoms with Crippen molar-refractivity contribution in [3.8, 4) is 0 Å². The molecule has 5 heteroatoms. The standard InChI is InChI=1S/C14H18FNO3/c1-10-11(3-2-4-13(10)15)8-16-5-6-19-9-12(16)7-14(17)18/h2-4,12H,5-9H2,1H3,(H,17,18)/t12-/m0/s1. The third-order valence-corrected chi connectivity index (χ3v) is 3.51. The van der Waals surface area contributed by atoms with Gasteiger partial charge in [0.15, 0.2) is 0 Å². The predicted molar refractivity (Wildman–Crippen MR) is 68.4 cm³/mol. The normalized spacial score (nSPS) is 20.4. The Kier molecular flexibility index (Phi) is 4.50. The van der Waals surface area contributed by atoms with Crippen LogP contribution < -0.4 is 0 Å². The number of aliphatic carboxylic acids is 1. The number of carboxylic acids is 1. The lowest BCUT2D eigenvalue weighted by atomic mass is 10.1. The minimum atomic E-state index is -0.837. The molecule has 1 aromatic rings. The Balaban J connectivity index is 2.10. The second-order valence-corrected chi connectivity index (χ2v) is 4.82. The summed E-state index contributed by atoms with van der Waals surface area (Å²) >= 11 is 0. The number of morpholine rings is 1. The molecule has 2 rings (SSSR count). The van der Waals surface area contributed by atoms with Crippen molar-refractivity contribution in [3.05, 3.63) is 35.1 Å². The number of carbonyl (C=O) groups is 1. The maximum absolute atomic E-state index is 13.5. The van der Waals surface area contributed by atoms with Crippen molar-refractivity contribution < 1.29 is 19.0 Å². The maximum Gasteiger partial charge on any atom is 0.305 e. The summed E-state index contributed by atoms with van der Waals surface area (Å²) in [5.74, 6) is -1.06. The second kappa shape index (κ2) is 6.12. The molecule has 0 bridgehead atoms. The van der Waals surface area contributed by atoms with Crippen LogP contribution in [0.2, 0.25) is 0 Å². The minimum Gasteiger partial charge on any atom is -0.481 e. The van der Waals surface area contributed by atoms with Gasteiger partial charge in [-0.15, -0.1) is 0 Å². The predicted octanol–water partition coefficient (Wildman–Crippen LogP) is 1.81. The van der Waals surface area contributed by atoms with Crippen LogP contribution in [0.4, 0.5) is 4.39 Å². The average molecular weight is 267 g/mol. The van der Waals surface area contributed by atoms with Gasteiger partial charge in [-0.25, -0.2) is 4.39 Å². The molecule has 0 spiro atoms. The molecule has 0 unspecified atom stereocenters. The number of carboxylic acid groups (broad SMARTS) is 1. The Bertz CT molecular complexity index is 464. The fraction of sp³-hybridized carbons (Fsp3) is 0.500. The molecule has 1 saturated heterocycles. The van der Waals surface area contributed by atoms with E-state index in [1.807, 2.05) is 6.07 Å². The molecule has 104 valence electrons. The molecule has 0 aromatic heterocycles. The quantitative estimate of drug-likeness (QED) is 0.904. The number of hydrogen-bond donors (Lipinski definition) is 1. The van der Waals surface area contributed by atoms with Gasteiger partial charge in [-0.1, -0.05) is 12.1 Å². The van der Waals surface area contributed by atoms with Crippen LogP contribution in [-0.4, -0.2) is 41.8 Å². The highest BCUT2D eigenvalue weighted by molar-refractivity contribution is 5.67. The van der Waals surface area contributed by atoms with Crippen molar-refractivity contribution in [1.82, 2.24) is 4.90 Å². The van der Waals surface area contributed by atoms with Gasteiger partial charge in [-0.2, -0.15) is 0 Å². The fourth-order valence-corrected chi connectivity index (χ4v) is 2.33. The van der Waals surface area contributed by atoms with Crippen LogP contribution in [0.15, 0.2) is 18.2 Å². The summed E-state index contributed by atoms with van der Waals surface area (Å²) in [6, 6.07) is 4.86. The molecule has 0 amide bonds. The van der Waals surface area contributed by atoms with Gasteiger partial charge in [0.05, 0.1) is 19.6 Å². The Morgan fingerprint density at radius 2 is 2.37 bits per heavy atom. The van der Waals surface area contributed by atoms with Crippen molar-refractivity contribution in [2.45, 2.75) is 25.9 Å². The Morgan fingerprint density at radius 1 is 1.58 bits per heavy atom.